The van der Waals surface area contributed by atoms with Crippen molar-refractivity contribution in [1.29, 1.82) is 0 Å². The number of methoxy groups -OCH3 is 1. The third-order valence-electron chi connectivity index (χ3n) is 4.63. The van der Waals surface area contributed by atoms with E-state index in [1.54, 1.807) is 29.2 Å². The van der Waals surface area contributed by atoms with Gasteiger partial charge < -0.3 is 15.0 Å². The van der Waals surface area contributed by atoms with Crippen LogP contribution in [0.2, 0.25) is 0 Å². The summed E-state index contributed by atoms with van der Waals surface area (Å²) in [7, 11) is 1.31. The molecule has 2 amide bonds. The Morgan fingerprint density at radius 3 is 2.67 bits per heavy atom. The Morgan fingerprint density at radius 1 is 1.15 bits per heavy atom. The maximum absolute atomic E-state index is 12.4. The van der Waals surface area contributed by atoms with E-state index in [-0.39, 0.29) is 18.2 Å². The Morgan fingerprint density at radius 2 is 1.93 bits per heavy atom. The first kappa shape index (κ1) is 18.6. The summed E-state index contributed by atoms with van der Waals surface area (Å²) >= 11 is 0. The zero-order chi connectivity index (χ0) is 19.2. The molecule has 1 unspecified atom stereocenters. The van der Waals surface area contributed by atoms with Crippen molar-refractivity contribution in [1.82, 2.24) is 5.32 Å². The van der Waals surface area contributed by atoms with Crippen molar-refractivity contribution < 1.29 is 19.1 Å². The molecule has 2 aromatic rings. The SMILES string of the molecule is COC(=O)c1cccc(N2CC(C(=O)NCCc3ccccc3)CC2=O)c1. The number of nitrogens with one attached hydrogen (secondary N) is 1. The van der Waals surface area contributed by atoms with Crippen LogP contribution in [-0.4, -0.2) is 38.0 Å². The number of carbonyl (C=O) groups excluding carboxylic acids is 3. The maximum Gasteiger partial charge on any atom is 0.337 e. The first-order valence-corrected chi connectivity index (χ1v) is 8.89. The summed E-state index contributed by atoms with van der Waals surface area (Å²) in [5.41, 5.74) is 2.13. The summed E-state index contributed by atoms with van der Waals surface area (Å²) in [6, 6.07) is 16.6. The highest BCUT2D eigenvalue weighted by molar-refractivity contribution is 6.01. The minimum atomic E-state index is -0.460. The van der Waals surface area contributed by atoms with E-state index in [4.69, 9.17) is 4.74 Å². The van der Waals surface area contributed by atoms with E-state index >= 15 is 0 Å². The highest BCUT2D eigenvalue weighted by atomic mass is 16.5. The van der Waals surface area contributed by atoms with Gasteiger partial charge in [0, 0.05) is 25.2 Å². The fourth-order valence-corrected chi connectivity index (χ4v) is 3.17. The molecule has 1 N–H and O–H groups in total. The van der Waals surface area contributed by atoms with Gasteiger partial charge in [-0.15, -0.1) is 0 Å². The van der Waals surface area contributed by atoms with E-state index in [0.29, 0.717) is 24.3 Å². The first-order valence-electron chi connectivity index (χ1n) is 8.89. The van der Waals surface area contributed by atoms with Crippen LogP contribution < -0.4 is 10.2 Å². The van der Waals surface area contributed by atoms with E-state index < -0.39 is 11.9 Å². The van der Waals surface area contributed by atoms with Crippen LogP contribution in [0.5, 0.6) is 0 Å². The topological polar surface area (TPSA) is 75.7 Å². The molecule has 6 heteroatoms. The number of amides is 2. The second-order valence-corrected chi connectivity index (χ2v) is 6.47. The summed E-state index contributed by atoms with van der Waals surface area (Å²) in [6.45, 7) is 0.839. The molecule has 3 rings (SSSR count). The molecule has 1 heterocycles. The highest BCUT2D eigenvalue weighted by Crippen LogP contribution is 2.26. The van der Waals surface area contributed by atoms with Gasteiger partial charge in [-0.05, 0) is 30.2 Å². The molecule has 1 aliphatic heterocycles. The second-order valence-electron chi connectivity index (χ2n) is 6.47. The first-order chi connectivity index (χ1) is 13.1. The molecule has 0 saturated carbocycles. The number of esters is 1. The van der Waals surface area contributed by atoms with Crippen molar-refractivity contribution in [3.8, 4) is 0 Å². The van der Waals surface area contributed by atoms with Crippen LogP contribution in [0.1, 0.15) is 22.3 Å². The Hall–Kier alpha value is -3.15. The summed E-state index contributed by atoms with van der Waals surface area (Å²) in [5.74, 6) is -1.10. The van der Waals surface area contributed by atoms with Gasteiger partial charge in [0.15, 0.2) is 0 Å². The molecule has 1 fully saturated rings. The van der Waals surface area contributed by atoms with Crippen molar-refractivity contribution in [3.63, 3.8) is 0 Å². The largest absolute Gasteiger partial charge is 0.465 e. The highest BCUT2D eigenvalue weighted by Gasteiger charge is 2.35. The number of anilines is 1. The molecule has 6 nitrogen and oxygen atoms in total. The predicted molar refractivity (Wildman–Crippen MR) is 101 cm³/mol. The van der Waals surface area contributed by atoms with E-state index in [1.165, 1.54) is 7.11 Å². The lowest BCUT2D eigenvalue weighted by Gasteiger charge is -2.17. The summed E-state index contributed by atoms with van der Waals surface area (Å²) in [6.07, 6.45) is 0.914. The standard InChI is InChI=1S/C21H22N2O4/c1-27-21(26)16-8-5-9-18(12-16)23-14-17(13-19(23)24)20(25)22-11-10-15-6-3-2-4-7-15/h2-9,12,17H,10-11,13-14H2,1H3,(H,22,25). The molecular formula is C21H22N2O4. The van der Waals surface area contributed by atoms with Crippen LogP contribution in [0.15, 0.2) is 54.6 Å². The van der Waals surface area contributed by atoms with E-state index in [2.05, 4.69) is 5.32 Å². The molecule has 1 aliphatic rings. The van der Waals surface area contributed by atoms with E-state index in [0.717, 1.165) is 12.0 Å². The van der Waals surface area contributed by atoms with Gasteiger partial charge >= 0.3 is 5.97 Å². The lowest BCUT2D eigenvalue weighted by molar-refractivity contribution is -0.126. The van der Waals surface area contributed by atoms with Gasteiger partial charge in [-0.2, -0.15) is 0 Å². The average molecular weight is 366 g/mol. The van der Waals surface area contributed by atoms with Crippen LogP contribution in [0.25, 0.3) is 0 Å². The van der Waals surface area contributed by atoms with Crippen molar-refractivity contribution in [2.24, 2.45) is 5.92 Å². The fraction of sp³-hybridized carbons (Fsp3) is 0.286. The smallest absolute Gasteiger partial charge is 0.337 e. The molecule has 0 radical (unpaired) electrons. The Balaban J connectivity index is 1.58. The molecule has 0 bridgehead atoms. The zero-order valence-electron chi connectivity index (χ0n) is 15.2. The molecule has 140 valence electrons. The normalized spacial score (nSPS) is 16.3. The second kappa shape index (κ2) is 8.49. The van der Waals surface area contributed by atoms with Crippen LogP contribution in [-0.2, 0) is 20.7 Å². The third kappa shape index (κ3) is 4.53. The van der Waals surface area contributed by atoms with E-state index in [9.17, 15) is 14.4 Å². The Bertz CT molecular complexity index is 835. The third-order valence-corrected chi connectivity index (χ3v) is 4.63. The van der Waals surface area contributed by atoms with Gasteiger partial charge in [-0.25, -0.2) is 4.79 Å². The minimum Gasteiger partial charge on any atom is -0.465 e. The molecular weight excluding hydrogens is 344 g/mol. The number of carbonyl (C=O) groups is 3. The maximum atomic E-state index is 12.4. The van der Waals surface area contributed by atoms with Crippen molar-refractivity contribution in [2.45, 2.75) is 12.8 Å². The summed E-state index contributed by atoms with van der Waals surface area (Å²) in [5, 5.41) is 2.91. The zero-order valence-corrected chi connectivity index (χ0v) is 15.2. The molecule has 1 saturated heterocycles. The van der Waals surface area contributed by atoms with Crippen LogP contribution in [0, 0.1) is 5.92 Å². The van der Waals surface area contributed by atoms with Crippen molar-refractivity contribution in [3.05, 3.63) is 65.7 Å². The summed E-state index contributed by atoms with van der Waals surface area (Å²) in [4.78, 5) is 38.0. The van der Waals surface area contributed by atoms with Crippen LogP contribution in [0.4, 0.5) is 5.69 Å². The lowest BCUT2D eigenvalue weighted by Crippen LogP contribution is -2.34. The number of nitrogens with zero attached hydrogens (tertiary/aromatic N) is 1. The lowest BCUT2D eigenvalue weighted by atomic mass is 10.1. The summed E-state index contributed by atoms with van der Waals surface area (Å²) < 4.78 is 4.71. The molecule has 1 atom stereocenters. The van der Waals surface area contributed by atoms with Gasteiger partial charge in [0.05, 0.1) is 18.6 Å². The van der Waals surface area contributed by atoms with Gasteiger partial charge in [0.1, 0.15) is 0 Å². The Kier molecular flexibility index (Phi) is 5.86. The molecule has 2 aromatic carbocycles. The molecule has 0 aromatic heterocycles. The quantitative estimate of drug-likeness (QED) is 0.795. The molecule has 27 heavy (non-hydrogen) atoms. The number of ether oxygens (including phenoxy) is 1. The number of benzene rings is 2. The minimum absolute atomic E-state index is 0.120. The van der Waals surface area contributed by atoms with Crippen LogP contribution >= 0.6 is 0 Å². The van der Waals surface area contributed by atoms with Gasteiger partial charge in [0.25, 0.3) is 0 Å². The predicted octanol–water partition coefficient (Wildman–Crippen LogP) is 2.19. The van der Waals surface area contributed by atoms with Gasteiger partial charge in [-0.1, -0.05) is 36.4 Å². The molecule has 0 aliphatic carbocycles. The number of rotatable bonds is 6. The fourth-order valence-electron chi connectivity index (χ4n) is 3.17. The Labute approximate surface area is 158 Å². The van der Waals surface area contributed by atoms with Crippen LogP contribution in [0.3, 0.4) is 0 Å². The molecule has 0 spiro atoms. The van der Waals surface area contributed by atoms with Gasteiger partial charge in [0.2, 0.25) is 11.8 Å². The number of hydrogen-bond donors (Lipinski definition) is 1. The number of hydrogen-bond acceptors (Lipinski definition) is 4. The van der Waals surface area contributed by atoms with Crippen molar-refractivity contribution in [2.75, 3.05) is 25.1 Å². The average Bonchev–Trinajstić information content (AvgIpc) is 3.10. The van der Waals surface area contributed by atoms with Gasteiger partial charge in [-0.3, -0.25) is 9.59 Å². The van der Waals surface area contributed by atoms with Crippen molar-refractivity contribution >= 4 is 23.5 Å². The monoisotopic (exact) mass is 366 g/mol. The van der Waals surface area contributed by atoms with E-state index in [1.807, 2.05) is 30.3 Å².